The van der Waals surface area contributed by atoms with Gasteiger partial charge in [-0.05, 0) is 33.8 Å². The van der Waals surface area contributed by atoms with E-state index in [0.717, 1.165) is 12.2 Å². The lowest BCUT2D eigenvalue weighted by Gasteiger charge is -2.30. The van der Waals surface area contributed by atoms with Crippen LogP contribution in [0.25, 0.3) is 0 Å². The van der Waals surface area contributed by atoms with Gasteiger partial charge in [-0.25, -0.2) is 0 Å². The SMILES string of the molecule is CC(C)N(CCNC(=O)c1cc(C(C)(C)C)nn1C)C(C)C. The lowest BCUT2D eigenvalue weighted by atomic mass is 9.92. The zero-order valence-electron chi connectivity index (χ0n) is 15.4. The molecule has 0 atom stereocenters. The summed E-state index contributed by atoms with van der Waals surface area (Å²) < 4.78 is 1.67. The fourth-order valence-electron chi connectivity index (χ4n) is 2.55. The first-order valence-electron chi connectivity index (χ1n) is 8.12. The molecule has 126 valence electrons. The van der Waals surface area contributed by atoms with Crippen LogP contribution in [0.2, 0.25) is 0 Å². The average Bonchev–Trinajstić information content (AvgIpc) is 2.75. The molecule has 1 aromatic heterocycles. The van der Waals surface area contributed by atoms with Crippen molar-refractivity contribution in [1.29, 1.82) is 0 Å². The van der Waals surface area contributed by atoms with Crippen LogP contribution in [0.4, 0.5) is 0 Å². The maximum absolute atomic E-state index is 12.3. The van der Waals surface area contributed by atoms with Gasteiger partial charge < -0.3 is 5.32 Å². The van der Waals surface area contributed by atoms with Crippen molar-refractivity contribution >= 4 is 5.91 Å². The summed E-state index contributed by atoms with van der Waals surface area (Å²) in [6.07, 6.45) is 0. The van der Waals surface area contributed by atoms with E-state index in [2.05, 4.69) is 63.8 Å². The van der Waals surface area contributed by atoms with Crippen LogP contribution >= 0.6 is 0 Å². The first kappa shape index (κ1) is 18.7. The molecule has 0 unspecified atom stereocenters. The number of rotatable bonds is 6. The van der Waals surface area contributed by atoms with E-state index in [1.165, 1.54) is 0 Å². The Bertz CT molecular complexity index is 489. The van der Waals surface area contributed by atoms with E-state index >= 15 is 0 Å². The third-order valence-corrected chi connectivity index (χ3v) is 3.86. The number of hydrogen-bond donors (Lipinski definition) is 1. The second-order valence-corrected chi connectivity index (χ2v) is 7.47. The molecule has 1 N–H and O–H groups in total. The van der Waals surface area contributed by atoms with Gasteiger partial charge in [0.1, 0.15) is 5.69 Å². The molecule has 0 aliphatic heterocycles. The zero-order valence-corrected chi connectivity index (χ0v) is 15.4. The standard InChI is InChI=1S/C17H32N4O/c1-12(2)21(13(3)4)10-9-18-16(22)14-11-15(17(5,6)7)19-20(14)8/h11-13H,9-10H2,1-8H3,(H,18,22). The highest BCUT2D eigenvalue weighted by Gasteiger charge is 2.21. The van der Waals surface area contributed by atoms with Crippen LogP contribution < -0.4 is 5.32 Å². The van der Waals surface area contributed by atoms with Gasteiger partial charge in [-0.3, -0.25) is 14.4 Å². The number of hydrogen-bond acceptors (Lipinski definition) is 3. The molecule has 5 heteroatoms. The lowest BCUT2D eigenvalue weighted by molar-refractivity contribution is 0.0930. The van der Waals surface area contributed by atoms with Crippen molar-refractivity contribution in [2.45, 2.75) is 66.0 Å². The van der Waals surface area contributed by atoms with Gasteiger partial charge in [0.05, 0.1) is 5.69 Å². The smallest absolute Gasteiger partial charge is 0.269 e. The Morgan fingerprint density at radius 2 is 1.82 bits per heavy atom. The summed E-state index contributed by atoms with van der Waals surface area (Å²) in [7, 11) is 1.82. The molecule has 0 aliphatic carbocycles. The molecule has 22 heavy (non-hydrogen) atoms. The maximum Gasteiger partial charge on any atom is 0.269 e. The third-order valence-electron chi connectivity index (χ3n) is 3.86. The number of amides is 1. The summed E-state index contributed by atoms with van der Waals surface area (Å²) in [5, 5.41) is 7.45. The second kappa shape index (κ2) is 7.27. The van der Waals surface area contributed by atoms with E-state index < -0.39 is 0 Å². The minimum atomic E-state index is -0.0574. The van der Waals surface area contributed by atoms with Crippen molar-refractivity contribution in [3.05, 3.63) is 17.5 Å². The Morgan fingerprint density at radius 1 is 1.27 bits per heavy atom. The van der Waals surface area contributed by atoms with Crippen molar-refractivity contribution in [3.63, 3.8) is 0 Å². The fourth-order valence-corrected chi connectivity index (χ4v) is 2.55. The Balaban J connectivity index is 2.65. The minimum Gasteiger partial charge on any atom is -0.349 e. The summed E-state index contributed by atoms with van der Waals surface area (Å²) in [5.41, 5.74) is 1.50. The Kier molecular flexibility index (Phi) is 6.17. The molecule has 0 fully saturated rings. The van der Waals surface area contributed by atoms with E-state index in [4.69, 9.17) is 0 Å². The van der Waals surface area contributed by atoms with Crippen molar-refractivity contribution in [3.8, 4) is 0 Å². The van der Waals surface area contributed by atoms with Crippen molar-refractivity contribution < 1.29 is 4.79 Å². The molecule has 0 aromatic carbocycles. The number of carbonyl (C=O) groups excluding carboxylic acids is 1. The largest absolute Gasteiger partial charge is 0.349 e. The first-order valence-corrected chi connectivity index (χ1v) is 8.12. The maximum atomic E-state index is 12.3. The van der Waals surface area contributed by atoms with E-state index in [0.29, 0.717) is 24.3 Å². The van der Waals surface area contributed by atoms with E-state index in [1.807, 2.05) is 13.1 Å². The Hall–Kier alpha value is -1.36. The molecule has 0 bridgehead atoms. The molecule has 1 amide bonds. The number of carbonyl (C=O) groups is 1. The molecule has 0 radical (unpaired) electrons. The van der Waals surface area contributed by atoms with Gasteiger partial charge in [-0.2, -0.15) is 5.10 Å². The summed E-state index contributed by atoms with van der Waals surface area (Å²) >= 11 is 0. The van der Waals surface area contributed by atoms with Gasteiger partial charge in [-0.15, -0.1) is 0 Å². The highest BCUT2D eigenvalue weighted by Crippen LogP contribution is 2.21. The van der Waals surface area contributed by atoms with E-state index in [-0.39, 0.29) is 11.3 Å². The predicted octanol–water partition coefficient (Wildman–Crippen LogP) is 2.57. The summed E-state index contributed by atoms with van der Waals surface area (Å²) in [4.78, 5) is 14.7. The number of nitrogens with zero attached hydrogens (tertiary/aromatic N) is 3. The molecule has 1 aromatic rings. The second-order valence-electron chi connectivity index (χ2n) is 7.47. The van der Waals surface area contributed by atoms with Crippen molar-refractivity contribution in [2.75, 3.05) is 13.1 Å². The normalized spacial score (nSPS) is 12.5. The summed E-state index contributed by atoms with van der Waals surface area (Å²) in [6, 6.07) is 2.83. The van der Waals surface area contributed by atoms with Crippen LogP contribution in [0.15, 0.2) is 6.07 Å². The molecule has 0 aliphatic rings. The lowest BCUT2D eigenvalue weighted by Crippen LogP contribution is -2.42. The summed E-state index contributed by atoms with van der Waals surface area (Å²) in [6.45, 7) is 16.5. The van der Waals surface area contributed by atoms with E-state index in [9.17, 15) is 4.79 Å². The van der Waals surface area contributed by atoms with Gasteiger partial charge in [0.25, 0.3) is 5.91 Å². The quantitative estimate of drug-likeness (QED) is 0.879. The van der Waals surface area contributed by atoms with Gasteiger partial charge in [0, 0.05) is 37.6 Å². The predicted molar refractivity (Wildman–Crippen MR) is 91.2 cm³/mol. The Morgan fingerprint density at radius 3 is 2.23 bits per heavy atom. The monoisotopic (exact) mass is 308 g/mol. The van der Waals surface area contributed by atoms with Crippen LogP contribution in [0.1, 0.15) is 64.6 Å². The molecule has 0 spiro atoms. The van der Waals surface area contributed by atoms with E-state index in [1.54, 1.807) is 4.68 Å². The van der Waals surface area contributed by atoms with Crippen molar-refractivity contribution in [2.24, 2.45) is 7.05 Å². The molecular formula is C17H32N4O. The van der Waals surface area contributed by atoms with Crippen LogP contribution in [0.3, 0.4) is 0 Å². The molecule has 1 rings (SSSR count). The number of nitrogens with one attached hydrogen (secondary N) is 1. The topological polar surface area (TPSA) is 50.2 Å². The van der Waals surface area contributed by atoms with Crippen LogP contribution in [-0.2, 0) is 12.5 Å². The zero-order chi connectivity index (χ0) is 17.1. The average molecular weight is 308 g/mol. The first-order chi connectivity index (χ1) is 10.0. The minimum absolute atomic E-state index is 0.0532. The van der Waals surface area contributed by atoms with Gasteiger partial charge in [-0.1, -0.05) is 20.8 Å². The highest BCUT2D eigenvalue weighted by molar-refractivity contribution is 5.92. The molecule has 5 nitrogen and oxygen atoms in total. The van der Waals surface area contributed by atoms with Gasteiger partial charge in [0.2, 0.25) is 0 Å². The van der Waals surface area contributed by atoms with Gasteiger partial charge in [0.15, 0.2) is 0 Å². The molecule has 0 saturated heterocycles. The summed E-state index contributed by atoms with van der Waals surface area (Å²) in [5.74, 6) is -0.0574. The third kappa shape index (κ3) is 4.83. The highest BCUT2D eigenvalue weighted by atomic mass is 16.2. The molecule has 1 heterocycles. The fraction of sp³-hybridized carbons (Fsp3) is 0.765. The molecule has 0 saturated carbocycles. The number of aromatic nitrogens is 2. The van der Waals surface area contributed by atoms with Gasteiger partial charge >= 0.3 is 0 Å². The van der Waals surface area contributed by atoms with Crippen molar-refractivity contribution in [1.82, 2.24) is 20.0 Å². The Labute approximate surface area is 135 Å². The molecular weight excluding hydrogens is 276 g/mol. The van der Waals surface area contributed by atoms with Crippen LogP contribution in [-0.4, -0.2) is 45.8 Å². The van der Waals surface area contributed by atoms with Crippen LogP contribution in [0.5, 0.6) is 0 Å². The van der Waals surface area contributed by atoms with Crippen LogP contribution in [0, 0.1) is 0 Å². The number of aryl methyl sites for hydroxylation is 1.